The largest absolute Gasteiger partial charge is 0.457 e. The van der Waals surface area contributed by atoms with Crippen LogP contribution in [0.3, 0.4) is 0 Å². The normalized spacial score (nSPS) is 11.4. The SMILES string of the molecule is Cc1ccnc2nc(C(=O)OCC(=O)OC(C)(C)C)nn12. The number of nitrogens with zero attached hydrogens (tertiary/aromatic N) is 4. The maximum Gasteiger partial charge on any atom is 0.378 e. The van der Waals surface area contributed by atoms with Crippen LogP contribution in [0.4, 0.5) is 0 Å². The van der Waals surface area contributed by atoms with E-state index in [9.17, 15) is 9.59 Å². The predicted octanol–water partition coefficient (Wildman–Crippen LogP) is 0.931. The van der Waals surface area contributed by atoms with Crippen LogP contribution in [0.2, 0.25) is 0 Å². The van der Waals surface area contributed by atoms with Crippen molar-refractivity contribution >= 4 is 17.7 Å². The van der Waals surface area contributed by atoms with Crippen molar-refractivity contribution in [2.75, 3.05) is 6.61 Å². The van der Waals surface area contributed by atoms with Crippen LogP contribution in [0.25, 0.3) is 5.78 Å². The summed E-state index contributed by atoms with van der Waals surface area (Å²) in [6.45, 7) is 6.50. The highest BCUT2D eigenvalue weighted by Gasteiger charge is 2.20. The Kier molecular flexibility index (Phi) is 3.88. The molecule has 112 valence electrons. The van der Waals surface area contributed by atoms with Crippen molar-refractivity contribution in [2.24, 2.45) is 0 Å². The summed E-state index contributed by atoms with van der Waals surface area (Å²) in [5.74, 6) is -1.29. The number of rotatable bonds is 3. The lowest BCUT2D eigenvalue weighted by molar-refractivity contribution is -0.158. The molecule has 0 bridgehead atoms. The molecule has 0 aliphatic carbocycles. The maximum absolute atomic E-state index is 11.8. The Morgan fingerprint density at radius 3 is 2.67 bits per heavy atom. The van der Waals surface area contributed by atoms with E-state index >= 15 is 0 Å². The summed E-state index contributed by atoms with van der Waals surface area (Å²) in [7, 11) is 0. The molecule has 0 aliphatic rings. The van der Waals surface area contributed by atoms with Crippen LogP contribution in [0.15, 0.2) is 12.3 Å². The molecule has 8 nitrogen and oxygen atoms in total. The minimum Gasteiger partial charge on any atom is -0.457 e. The Morgan fingerprint density at radius 2 is 2.05 bits per heavy atom. The van der Waals surface area contributed by atoms with Gasteiger partial charge in [0.2, 0.25) is 0 Å². The Labute approximate surface area is 121 Å². The highest BCUT2D eigenvalue weighted by molar-refractivity contribution is 5.87. The van der Waals surface area contributed by atoms with Gasteiger partial charge < -0.3 is 9.47 Å². The van der Waals surface area contributed by atoms with Crippen molar-refractivity contribution in [1.82, 2.24) is 19.6 Å². The molecule has 0 aliphatic heterocycles. The molecule has 2 heterocycles. The Bertz CT molecular complexity index is 687. The van der Waals surface area contributed by atoms with Gasteiger partial charge in [0.1, 0.15) is 5.60 Å². The summed E-state index contributed by atoms with van der Waals surface area (Å²) in [6, 6.07) is 1.73. The fourth-order valence-corrected chi connectivity index (χ4v) is 1.55. The number of ether oxygens (including phenoxy) is 2. The highest BCUT2D eigenvalue weighted by Crippen LogP contribution is 2.07. The molecule has 2 rings (SSSR count). The molecule has 0 unspecified atom stereocenters. The van der Waals surface area contributed by atoms with Crippen LogP contribution in [-0.2, 0) is 14.3 Å². The standard InChI is InChI=1S/C13H16N4O4/c1-8-5-6-14-12-15-10(16-17(8)12)11(19)20-7-9(18)21-13(2,3)4/h5-6H,7H2,1-4H3. The summed E-state index contributed by atoms with van der Waals surface area (Å²) >= 11 is 0. The first-order chi connectivity index (χ1) is 9.76. The van der Waals surface area contributed by atoms with Gasteiger partial charge in [-0.25, -0.2) is 19.1 Å². The molecule has 21 heavy (non-hydrogen) atoms. The van der Waals surface area contributed by atoms with Gasteiger partial charge in [0.25, 0.3) is 11.6 Å². The molecule has 0 radical (unpaired) electrons. The lowest BCUT2D eigenvalue weighted by Crippen LogP contribution is -2.27. The molecule has 8 heteroatoms. The van der Waals surface area contributed by atoms with Gasteiger partial charge in [0.05, 0.1) is 0 Å². The van der Waals surface area contributed by atoms with Crippen LogP contribution < -0.4 is 0 Å². The highest BCUT2D eigenvalue weighted by atomic mass is 16.6. The molecule has 0 saturated heterocycles. The molecule has 0 atom stereocenters. The number of hydrogen-bond acceptors (Lipinski definition) is 7. The zero-order chi connectivity index (χ0) is 15.6. The molecular formula is C13H16N4O4. The van der Waals surface area contributed by atoms with Crippen molar-refractivity contribution in [3.8, 4) is 0 Å². The quantitative estimate of drug-likeness (QED) is 0.776. The lowest BCUT2D eigenvalue weighted by Gasteiger charge is -2.19. The summed E-state index contributed by atoms with van der Waals surface area (Å²) in [6.07, 6.45) is 1.56. The second-order valence-electron chi connectivity index (χ2n) is 5.40. The summed E-state index contributed by atoms with van der Waals surface area (Å²) in [4.78, 5) is 31.2. The van der Waals surface area contributed by atoms with Crippen LogP contribution in [0, 0.1) is 6.92 Å². The first-order valence-corrected chi connectivity index (χ1v) is 6.33. The zero-order valence-electron chi connectivity index (χ0n) is 12.3. The number of aryl methyl sites for hydroxylation is 1. The van der Waals surface area contributed by atoms with Crippen molar-refractivity contribution in [1.29, 1.82) is 0 Å². The zero-order valence-corrected chi connectivity index (χ0v) is 12.3. The van der Waals surface area contributed by atoms with Crippen molar-refractivity contribution in [3.63, 3.8) is 0 Å². The Morgan fingerprint density at radius 1 is 1.33 bits per heavy atom. The van der Waals surface area contributed by atoms with Gasteiger partial charge in [-0.05, 0) is 33.8 Å². The van der Waals surface area contributed by atoms with E-state index in [2.05, 4.69) is 15.1 Å². The third kappa shape index (κ3) is 3.74. The molecule has 0 saturated carbocycles. The van der Waals surface area contributed by atoms with E-state index in [0.29, 0.717) is 5.78 Å². The predicted molar refractivity (Wildman–Crippen MR) is 71.6 cm³/mol. The Hall–Kier alpha value is -2.51. The van der Waals surface area contributed by atoms with Gasteiger partial charge in [-0.2, -0.15) is 4.98 Å². The minimum absolute atomic E-state index is 0.152. The molecule has 2 aromatic rings. The smallest absolute Gasteiger partial charge is 0.378 e. The fourth-order valence-electron chi connectivity index (χ4n) is 1.55. The van der Waals surface area contributed by atoms with Gasteiger partial charge in [0, 0.05) is 11.9 Å². The number of carbonyl (C=O) groups excluding carboxylic acids is 2. The fraction of sp³-hybridized carbons (Fsp3) is 0.462. The average molecular weight is 292 g/mol. The first kappa shape index (κ1) is 14.9. The average Bonchev–Trinajstić information content (AvgIpc) is 2.79. The summed E-state index contributed by atoms with van der Waals surface area (Å²) in [5, 5.41) is 3.98. The first-order valence-electron chi connectivity index (χ1n) is 6.33. The van der Waals surface area contributed by atoms with Crippen LogP contribution in [0.1, 0.15) is 37.1 Å². The third-order valence-corrected chi connectivity index (χ3v) is 2.35. The van der Waals surface area contributed by atoms with E-state index in [0.717, 1.165) is 5.69 Å². The van der Waals surface area contributed by atoms with Gasteiger partial charge in [-0.1, -0.05) is 0 Å². The monoisotopic (exact) mass is 292 g/mol. The van der Waals surface area contributed by atoms with E-state index in [1.807, 2.05) is 0 Å². The van der Waals surface area contributed by atoms with Crippen LogP contribution in [0.5, 0.6) is 0 Å². The van der Waals surface area contributed by atoms with Crippen molar-refractivity contribution < 1.29 is 19.1 Å². The number of aromatic nitrogens is 4. The van der Waals surface area contributed by atoms with Gasteiger partial charge >= 0.3 is 11.9 Å². The van der Waals surface area contributed by atoms with Crippen molar-refractivity contribution in [3.05, 3.63) is 23.8 Å². The molecule has 0 amide bonds. The molecule has 2 aromatic heterocycles. The number of hydrogen-bond donors (Lipinski definition) is 0. The lowest BCUT2D eigenvalue weighted by atomic mass is 10.2. The van der Waals surface area contributed by atoms with Gasteiger partial charge in [-0.15, -0.1) is 5.10 Å². The number of carbonyl (C=O) groups is 2. The van der Waals surface area contributed by atoms with Crippen LogP contribution in [-0.4, -0.2) is 43.7 Å². The number of fused-ring (bicyclic) bond motifs is 1. The third-order valence-electron chi connectivity index (χ3n) is 2.35. The topological polar surface area (TPSA) is 95.7 Å². The van der Waals surface area contributed by atoms with E-state index < -0.39 is 24.1 Å². The van der Waals surface area contributed by atoms with E-state index in [1.54, 1.807) is 40.0 Å². The van der Waals surface area contributed by atoms with Gasteiger partial charge in [0.15, 0.2) is 6.61 Å². The minimum atomic E-state index is -0.800. The molecule has 0 N–H and O–H groups in total. The summed E-state index contributed by atoms with van der Waals surface area (Å²) in [5.41, 5.74) is 0.143. The van der Waals surface area contributed by atoms with E-state index in [-0.39, 0.29) is 5.82 Å². The van der Waals surface area contributed by atoms with E-state index in [4.69, 9.17) is 9.47 Å². The van der Waals surface area contributed by atoms with Gasteiger partial charge in [-0.3, -0.25) is 0 Å². The summed E-state index contributed by atoms with van der Waals surface area (Å²) < 4.78 is 11.3. The van der Waals surface area contributed by atoms with E-state index in [1.165, 1.54) is 4.52 Å². The molecular weight excluding hydrogens is 276 g/mol. The second kappa shape index (κ2) is 5.47. The molecule has 0 fully saturated rings. The molecule has 0 aromatic carbocycles. The second-order valence-corrected chi connectivity index (χ2v) is 5.40. The number of esters is 2. The molecule has 0 spiro atoms. The van der Waals surface area contributed by atoms with Crippen LogP contribution >= 0.6 is 0 Å². The Balaban J connectivity index is 2.03. The van der Waals surface area contributed by atoms with Crippen molar-refractivity contribution in [2.45, 2.75) is 33.3 Å². The maximum atomic E-state index is 11.8.